The van der Waals surface area contributed by atoms with E-state index in [-0.39, 0.29) is 23.5 Å². The predicted molar refractivity (Wildman–Crippen MR) is 112 cm³/mol. The number of rotatable bonds is 10. The molecule has 0 aliphatic carbocycles. The monoisotopic (exact) mass is 430 g/mol. The quantitative estimate of drug-likeness (QED) is 0.309. The third-order valence-corrected chi connectivity index (χ3v) is 5.77. The van der Waals surface area contributed by atoms with Gasteiger partial charge in [-0.2, -0.15) is 12.6 Å². The van der Waals surface area contributed by atoms with Gasteiger partial charge in [0.2, 0.25) is 17.7 Å². The number of likely N-dealkylation sites (tertiary alicyclic amines) is 1. The van der Waals surface area contributed by atoms with E-state index in [9.17, 15) is 24.3 Å². The van der Waals surface area contributed by atoms with Gasteiger partial charge >= 0.3 is 5.97 Å². The van der Waals surface area contributed by atoms with E-state index in [0.717, 1.165) is 0 Å². The first kappa shape index (κ1) is 25.2. The Hall–Kier alpha value is -1.81. The number of hydrogen-bond acceptors (Lipinski definition) is 6. The van der Waals surface area contributed by atoms with E-state index >= 15 is 0 Å². The Morgan fingerprint density at radius 2 is 1.79 bits per heavy atom. The van der Waals surface area contributed by atoms with Crippen molar-refractivity contribution in [2.45, 2.75) is 71.1 Å². The standard InChI is InChI=1S/C19H34N4O5S/c1-5-11(4)15(17(25)21-14(10(2)3)19(27)28)22-16(24)13-7-6-8-23(13)18(26)12(20)9-29/h10-15,29H,5-9,20H2,1-4H3,(H,21,25)(H,22,24)(H,27,28). The smallest absolute Gasteiger partial charge is 0.326 e. The molecule has 29 heavy (non-hydrogen) atoms. The number of carboxylic acid groups (broad SMARTS) is 1. The summed E-state index contributed by atoms with van der Waals surface area (Å²) < 4.78 is 0. The average molecular weight is 431 g/mol. The van der Waals surface area contributed by atoms with E-state index in [1.807, 2.05) is 13.8 Å². The molecule has 1 rings (SSSR count). The normalized spacial score (nSPS) is 20.7. The van der Waals surface area contributed by atoms with E-state index in [2.05, 4.69) is 23.3 Å². The Kier molecular flexibility index (Phi) is 9.91. The van der Waals surface area contributed by atoms with E-state index in [0.29, 0.717) is 25.8 Å². The highest BCUT2D eigenvalue weighted by Gasteiger charge is 2.38. The summed E-state index contributed by atoms with van der Waals surface area (Å²) in [6.07, 6.45) is 1.75. The largest absolute Gasteiger partial charge is 0.480 e. The van der Waals surface area contributed by atoms with Crippen molar-refractivity contribution >= 4 is 36.3 Å². The minimum absolute atomic E-state index is 0.174. The fourth-order valence-corrected chi connectivity index (χ4v) is 3.46. The maximum atomic E-state index is 12.9. The van der Waals surface area contributed by atoms with E-state index in [1.54, 1.807) is 13.8 Å². The first-order valence-electron chi connectivity index (χ1n) is 10.1. The molecule has 9 nitrogen and oxygen atoms in total. The van der Waals surface area contributed by atoms with E-state index < -0.39 is 42.0 Å². The average Bonchev–Trinajstić information content (AvgIpc) is 3.17. The summed E-state index contributed by atoms with van der Waals surface area (Å²) in [4.78, 5) is 51.0. The summed E-state index contributed by atoms with van der Waals surface area (Å²) in [5.74, 6) is -2.80. The lowest BCUT2D eigenvalue weighted by Gasteiger charge is -2.30. The van der Waals surface area contributed by atoms with E-state index in [1.165, 1.54) is 4.90 Å². The Balaban J connectivity index is 2.94. The van der Waals surface area contributed by atoms with Crippen LogP contribution >= 0.6 is 12.6 Å². The fourth-order valence-electron chi connectivity index (χ4n) is 3.30. The van der Waals surface area contributed by atoms with Crippen LogP contribution in [0.5, 0.6) is 0 Å². The molecule has 5 atom stereocenters. The van der Waals surface area contributed by atoms with Gasteiger partial charge < -0.3 is 26.4 Å². The molecule has 1 heterocycles. The molecule has 166 valence electrons. The second-order valence-corrected chi connectivity index (χ2v) is 8.28. The molecule has 0 spiro atoms. The highest BCUT2D eigenvalue weighted by molar-refractivity contribution is 7.80. The minimum atomic E-state index is -1.13. The van der Waals surface area contributed by atoms with Crippen LogP contribution in [0.3, 0.4) is 0 Å². The van der Waals surface area contributed by atoms with Gasteiger partial charge in [-0.05, 0) is 24.7 Å². The van der Waals surface area contributed by atoms with E-state index in [4.69, 9.17) is 5.73 Å². The summed E-state index contributed by atoms with van der Waals surface area (Å²) in [6.45, 7) is 7.51. The van der Waals surface area contributed by atoms with Crippen molar-refractivity contribution in [3.8, 4) is 0 Å². The molecule has 5 N–H and O–H groups in total. The van der Waals surface area contributed by atoms with Crippen molar-refractivity contribution in [2.24, 2.45) is 17.6 Å². The van der Waals surface area contributed by atoms with Gasteiger partial charge in [0.05, 0.1) is 6.04 Å². The molecule has 0 saturated carbocycles. The predicted octanol–water partition coefficient (Wildman–Crippen LogP) is -0.00920. The van der Waals surface area contributed by atoms with Crippen molar-refractivity contribution in [1.82, 2.24) is 15.5 Å². The number of hydrogen-bond donors (Lipinski definition) is 5. The minimum Gasteiger partial charge on any atom is -0.480 e. The van der Waals surface area contributed by atoms with Gasteiger partial charge in [0, 0.05) is 12.3 Å². The number of carboxylic acids is 1. The summed E-state index contributed by atoms with van der Waals surface area (Å²) in [7, 11) is 0. The molecule has 10 heteroatoms. The Labute approximate surface area is 177 Å². The van der Waals surface area contributed by atoms with Crippen LogP contribution in [0.2, 0.25) is 0 Å². The second-order valence-electron chi connectivity index (χ2n) is 7.92. The second kappa shape index (κ2) is 11.4. The van der Waals surface area contributed by atoms with Crippen LogP contribution in [0.1, 0.15) is 47.0 Å². The van der Waals surface area contributed by atoms with Gasteiger partial charge in [-0.15, -0.1) is 0 Å². The van der Waals surface area contributed by atoms with Gasteiger partial charge in [0.25, 0.3) is 0 Å². The SMILES string of the molecule is CCC(C)C(NC(=O)C1CCCN1C(=O)C(N)CS)C(=O)NC(C(=O)O)C(C)C. The van der Waals surface area contributed by atoms with Crippen LogP contribution in [-0.4, -0.2) is 70.2 Å². The maximum absolute atomic E-state index is 12.9. The molecule has 3 amide bonds. The summed E-state index contributed by atoms with van der Waals surface area (Å²) >= 11 is 4.04. The summed E-state index contributed by atoms with van der Waals surface area (Å²) in [6, 6.07) is -3.44. The molecular formula is C19H34N4O5S. The van der Waals surface area contributed by atoms with Crippen LogP contribution in [0.15, 0.2) is 0 Å². The molecule has 0 aromatic rings. The van der Waals surface area contributed by atoms with Crippen molar-refractivity contribution in [3.63, 3.8) is 0 Å². The van der Waals surface area contributed by atoms with Gasteiger partial charge in [-0.3, -0.25) is 14.4 Å². The lowest BCUT2D eigenvalue weighted by atomic mass is 9.96. The Morgan fingerprint density at radius 1 is 1.17 bits per heavy atom. The molecule has 0 aromatic carbocycles. The molecule has 0 radical (unpaired) electrons. The zero-order valence-corrected chi connectivity index (χ0v) is 18.4. The van der Waals surface area contributed by atoms with Crippen LogP contribution < -0.4 is 16.4 Å². The van der Waals surface area contributed by atoms with Gasteiger partial charge in [-0.25, -0.2) is 4.79 Å². The molecule has 1 saturated heterocycles. The molecule has 0 aromatic heterocycles. The first-order valence-corrected chi connectivity index (χ1v) is 10.7. The summed E-state index contributed by atoms with van der Waals surface area (Å²) in [5, 5.41) is 14.6. The van der Waals surface area contributed by atoms with Gasteiger partial charge in [0.1, 0.15) is 18.1 Å². The number of amides is 3. The number of nitrogens with zero attached hydrogens (tertiary/aromatic N) is 1. The zero-order chi connectivity index (χ0) is 22.3. The fraction of sp³-hybridized carbons (Fsp3) is 0.789. The maximum Gasteiger partial charge on any atom is 0.326 e. The highest BCUT2D eigenvalue weighted by atomic mass is 32.1. The Bertz CT molecular complexity index is 615. The number of nitrogens with one attached hydrogen (secondary N) is 2. The topological polar surface area (TPSA) is 142 Å². The van der Waals surface area contributed by atoms with Crippen molar-refractivity contribution in [1.29, 1.82) is 0 Å². The lowest BCUT2D eigenvalue weighted by Crippen LogP contribution is -2.58. The Morgan fingerprint density at radius 3 is 2.28 bits per heavy atom. The van der Waals surface area contributed by atoms with Crippen molar-refractivity contribution in [2.75, 3.05) is 12.3 Å². The third-order valence-electron chi connectivity index (χ3n) is 5.38. The van der Waals surface area contributed by atoms with Crippen LogP contribution in [0, 0.1) is 11.8 Å². The first-order chi connectivity index (χ1) is 13.5. The van der Waals surface area contributed by atoms with Crippen LogP contribution in [-0.2, 0) is 19.2 Å². The number of aliphatic carboxylic acids is 1. The van der Waals surface area contributed by atoms with Crippen molar-refractivity contribution in [3.05, 3.63) is 0 Å². The number of nitrogens with two attached hydrogens (primary N) is 1. The van der Waals surface area contributed by atoms with Crippen LogP contribution in [0.4, 0.5) is 0 Å². The van der Waals surface area contributed by atoms with Crippen LogP contribution in [0.25, 0.3) is 0 Å². The van der Waals surface area contributed by atoms with Gasteiger partial charge in [0.15, 0.2) is 0 Å². The molecule has 1 aliphatic rings. The number of thiol groups is 1. The number of carbonyl (C=O) groups excluding carboxylic acids is 3. The molecule has 1 fully saturated rings. The third kappa shape index (κ3) is 6.60. The lowest BCUT2D eigenvalue weighted by molar-refractivity contribution is -0.144. The zero-order valence-electron chi connectivity index (χ0n) is 17.6. The number of carbonyl (C=O) groups is 4. The van der Waals surface area contributed by atoms with Crippen molar-refractivity contribution < 1.29 is 24.3 Å². The molecule has 0 bridgehead atoms. The molecule has 1 aliphatic heterocycles. The van der Waals surface area contributed by atoms with Gasteiger partial charge in [-0.1, -0.05) is 34.1 Å². The molecule has 5 unspecified atom stereocenters. The summed E-state index contributed by atoms with van der Waals surface area (Å²) in [5.41, 5.74) is 5.77. The molecular weight excluding hydrogens is 396 g/mol. The highest BCUT2D eigenvalue weighted by Crippen LogP contribution is 2.20.